The molecule has 0 aliphatic carbocycles. The molecule has 25 heavy (non-hydrogen) atoms. The Morgan fingerprint density at radius 1 is 1.24 bits per heavy atom. The van der Waals surface area contributed by atoms with Gasteiger partial charge in [-0.05, 0) is 47.5 Å². The Kier molecular flexibility index (Phi) is 4.01. The van der Waals surface area contributed by atoms with Gasteiger partial charge in [-0.15, -0.1) is 0 Å². The number of hydrogen-bond acceptors (Lipinski definition) is 7. The van der Waals surface area contributed by atoms with Gasteiger partial charge in [0, 0.05) is 25.0 Å². The molecule has 2 N–H and O–H groups in total. The van der Waals surface area contributed by atoms with Gasteiger partial charge in [-0.2, -0.15) is 0 Å². The summed E-state index contributed by atoms with van der Waals surface area (Å²) >= 11 is 0.987. The Bertz CT molecular complexity index is 910. The van der Waals surface area contributed by atoms with E-state index in [1.165, 1.54) is 11.1 Å². The fourth-order valence-corrected chi connectivity index (χ4v) is 3.90. The van der Waals surface area contributed by atoms with Gasteiger partial charge in [-0.1, -0.05) is 12.1 Å². The van der Waals surface area contributed by atoms with Crippen LogP contribution in [0.3, 0.4) is 0 Å². The highest BCUT2D eigenvalue weighted by atomic mass is 32.2. The fraction of sp³-hybridized carbons (Fsp3) is 0.222. The number of aromatic nitrogens is 2. The van der Waals surface area contributed by atoms with Crippen LogP contribution in [-0.4, -0.2) is 27.4 Å². The molecule has 4 rings (SSSR count). The van der Waals surface area contributed by atoms with E-state index in [9.17, 15) is 9.59 Å². The van der Waals surface area contributed by atoms with Crippen LogP contribution in [0.25, 0.3) is 6.08 Å². The molecule has 1 saturated heterocycles. The summed E-state index contributed by atoms with van der Waals surface area (Å²) in [5.41, 5.74) is 9.89. The Balaban J connectivity index is 1.59. The van der Waals surface area contributed by atoms with Crippen LogP contribution in [-0.2, 0) is 22.6 Å². The number of nitrogens with two attached hydrogens (primary N) is 1. The number of nitrogen functional groups attached to an aromatic ring is 1. The summed E-state index contributed by atoms with van der Waals surface area (Å²) in [5, 5.41) is -0.115. The van der Waals surface area contributed by atoms with Crippen molar-refractivity contribution in [3.63, 3.8) is 0 Å². The van der Waals surface area contributed by atoms with Gasteiger partial charge in [0.2, 0.25) is 11.1 Å². The van der Waals surface area contributed by atoms with Crippen molar-refractivity contribution >= 4 is 40.4 Å². The van der Waals surface area contributed by atoms with Crippen molar-refractivity contribution in [2.45, 2.75) is 19.4 Å². The van der Waals surface area contributed by atoms with Gasteiger partial charge in [-0.25, -0.2) is 9.97 Å². The Labute approximate surface area is 149 Å². The van der Waals surface area contributed by atoms with Gasteiger partial charge in [0.15, 0.2) is 5.78 Å². The lowest BCUT2D eigenvalue weighted by Gasteiger charge is -2.29. The molecule has 2 aliphatic rings. The SMILES string of the molecule is Nc1cccc2c1CCN(c1nccc(/C=C3\SC(=O)CC3=O)n1)C2. The Morgan fingerprint density at radius 2 is 2.12 bits per heavy atom. The lowest BCUT2D eigenvalue weighted by molar-refractivity contribution is -0.119. The number of ketones is 1. The van der Waals surface area contributed by atoms with Crippen molar-refractivity contribution in [3.8, 4) is 0 Å². The van der Waals surface area contributed by atoms with Crippen molar-refractivity contribution in [1.29, 1.82) is 0 Å². The molecule has 7 heteroatoms. The van der Waals surface area contributed by atoms with Crippen LogP contribution >= 0.6 is 11.8 Å². The number of thioether (sulfide) groups is 1. The summed E-state index contributed by atoms with van der Waals surface area (Å²) in [7, 11) is 0. The van der Waals surface area contributed by atoms with Crippen LogP contribution in [0.15, 0.2) is 35.4 Å². The smallest absolute Gasteiger partial charge is 0.226 e. The molecule has 0 saturated carbocycles. The highest BCUT2D eigenvalue weighted by Gasteiger charge is 2.26. The van der Waals surface area contributed by atoms with E-state index in [-0.39, 0.29) is 17.3 Å². The number of carbonyl (C=O) groups is 2. The molecule has 126 valence electrons. The molecule has 1 fully saturated rings. The van der Waals surface area contributed by atoms with E-state index in [1.807, 2.05) is 12.1 Å². The van der Waals surface area contributed by atoms with Gasteiger partial charge >= 0.3 is 0 Å². The second-order valence-electron chi connectivity index (χ2n) is 6.02. The van der Waals surface area contributed by atoms with Crippen molar-refractivity contribution in [2.75, 3.05) is 17.2 Å². The average Bonchev–Trinajstić information content (AvgIpc) is 2.92. The zero-order valence-electron chi connectivity index (χ0n) is 13.4. The maximum atomic E-state index is 11.8. The van der Waals surface area contributed by atoms with Gasteiger partial charge < -0.3 is 10.6 Å². The van der Waals surface area contributed by atoms with Crippen molar-refractivity contribution in [2.24, 2.45) is 0 Å². The van der Waals surface area contributed by atoms with Crippen LogP contribution in [0, 0.1) is 0 Å². The van der Waals surface area contributed by atoms with E-state index in [1.54, 1.807) is 18.3 Å². The Hall–Kier alpha value is -2.67. The lowest BCUT2D eigenvalue weighted by atomic mass is 9.98. The molecule has 3 heterocycles. The first-order valence-electron chi connectivity index (χ1n) is 8.00. The highest BCUT2D eigenvalue weighted by Crippen LogP contribution is 2.31. The Morgan fingerprint density at radius 3 is 2.92 bits per heavy atom. The van der Waals surface area contributed by atoms with E-state index in [0.29, 0.717) is 23.1 Å². The second kappa shape index (κ2) is 6.33. The van der Waals surface area contributed by atoms with Gasteiger partial charge in [0.05, 0.1) is 17.0 Å². The summed E-state index contributed by atoms with van der Waals surface area (Å²) in [4.78, 5) is 34.6. The minimum Gasteiger partial charge on any atom is -0.398 e. The molecule has 0 unspecified atom stereocenters. The predicted octanol–water partition coefficient (Wildman–Crippen LogP) is 2.20. The maximum Gasteiger partial charge on any atom is 0.226 e. The topological polar surface area (TPSA) is 89.2 Å². The van der Waals surface area contributed by atoms with Crippen LogP contribution in [0.5, 0.6) is 0 Å². The third kappa shape index (κ3) is 3.15. The fourth-order valence-electron chi connectivity index (χ4n) is 3.08. The molecule has 6 nitrogen and oxygen atoms in total. The number of anilines is 2. The highest BCUT2D eigenvalue weighted by molar-refractivity contribution is 8.18. The minimum atomic E-state index is -0.141. The largest absolute Gasteiger partial charge is 0.398 e. The number of benzene rings is 1. The quantitative estimate of drug-likeness (QED) is 0.503. The number of nitrogens with zero attached hydrogens (tertiary/aromatic N) is 3. The van der Waals surface area contributed by atoms with Gasteiger partial charge in [0.1, 0.15) is 0 Å². The van der Waals surface area contributed by atoms with E-state index < -0.39 is 0 Å². The lowest BCUT2D eigenvalue weighted by Crippen LogP contribution is -2.32. The number of fused-ring (bicyclic) bond motifs is 1. The van der Waals surface area contributed by atoms with Crippen LogP contribution in [0.2, 0.25) is 0 Å². The van der Waals surface area contributed by atoms with Crippen LogP contribution in [0.1, 0.15) is 23.2 Å². The van der Waals surface area contributed by atoms with E-state index in [2.05, 4.69) is 20.9 Å². The molecule has 0 radical (unpaired) electrons. The van der Waals surface area contributed by atoms with E-state index in [0.717, 1.165) is 30.4 Å². The van der Waals surface area contributed by atoms with Crippen molar-refractivity contribution in [3.05, 3.63) is 52.2 Å². The molecule has 0 bridgehead atoms. The van der Waals surface area contributed by atoms with E-state index >= 15 is 0 Å². The van der Waals surface area contributed by atoms with Crippen LogP contribution in [0.4, 0.5) is 11.6 Å². The molecule has 1 aromatic heterocycles. The number of rotatable bonds is 2. The van der Waals surface area contributed by atoms with Crippen molar-refractivity contribution < 1.29 is 9.59 Å². The van der Waals surface area contributed by atoms with Gasteiger partial charge in [0.25, 0.3) is 0 Å². The molecule has 2 aliphatic heterocycles. The molecular weight excluding hydrogens is 336 g/mol. The molecular formula is C18H16N4O2S. The first-order chi connectivity index (χ1) is 12.1. The van der Waals surface area contributed by atoms with Crippen LogP contribution < -0.4 is 10.6 Å². The summed E-state index contributed by atoms with van der Waals surface area (Å²) in [5.74, 6) is 0.474. The summed E-state index contributed by atoms with van der Waals surface area (Å²) in [6.45, 7) is 1.49. The monoisotopic (exact) mass is 352 g/mol. The first kappa shape index (κ1) is 15.8. The molecule has 2 aromatic rings. The van der Waals surface area contributed by atoms with E-state index in [4.69, 9.17) is 5.73 Å². The number of allylic oxidation sites excluding steroid dienone is 1. The summed E-state index contributed by atoms with van der Waals surface area (Å²) in [6, 6.07) is 7.70. The minimum absolute atomic E-state index is 0.0290. The zero-order valence-corrected chi connectivity index (χ0v) is 14.3. The third-order valence-electron chi connectivity index (χ3n) is 4.33. The summed E-state index contributed by atoms with van der Waals surface area (Å²) in [6.07, 6.45) is 4.16. The molecule has 0 amide bonds. The van der Waals surface area contributed by atoms with Gasteiger partial charge in [-0.3, -0.25) is 9.59 Å². The number of carbonyl (C=O) groups excluding carboxylic acids is 2. The number of Topliss-reactive ketones (excluding diaryl/α,β-unsaturated/α-hetero) is 1. The zero-order chi connectivity index (χ0) is 17.4. The molecule has 0 atom stereocenters. The normalized spacial score (nSPS) is 18.7. The third-order valence-corrected chi connectivity index (χ3v) is 5.27. The maximum absolute atomic E-state index is 11.8. The standard InChI is InChI=1S/C18H16N4O2S/c19-14-3-1-2-11-10-22(7-5-13(11)14)18-20-6-4-12(21-18)8-16-15(23)9-17(24)25-16/h1-4,6,8H,5,7,9-10,19H2/b16-8-. The number of hydrogen-bond donors (Lipinski definition) is 1. The molecule has 1 aromatic carbocycles. The average molecular weight is 352 g/mol. The summed E-state index contributed by atoms with van der Waals surface area (Å²) < 4.78 is 0. The predicted molar refractivity (Wildman–Crippen MR) is 97.8 cm³/mol. The molecule has 0 spiro atoms. The second-order valence-corrected chi connectivity index (χ2v) is 7.12. The van der Waals surface area contributed by atoms with Crippen molar-refractivity contribution in [1.82, 2.24) is 9.97 Å². The first-order valence-corrected chi connectivity index (χ1v) is 8.81.